The lowest BCUT2D eigenvalue weighted by Crippen LogP contribution is -2.35. The number of carboxylic acid groups (broad SMARTS) is 1. The number of hydrogen-bond acceptors (Lipinski definition) is 6. The van der Waals surface area contributed by atoms with Gasteiger partial charge in [-0.05, 0) is 31.2 Å². The molecule has 11 heteroatoms. The Morgan fingerprint density at radius 1 is 1.21 bits per heavy atom. The number of amides is 1. The highest BCUT2D eigenvalue weighted by atomic mass is 19.4. The fourth-order valence-corrected chi connectivity index (χ4v) is 3.79. The van der Waals surface area contributed by atoms with Crippen LogP contribution in [0.4, 0.5) is 19.0 Å². The van der Waals surface area contributed by atoms with E-state index in [1.807, 2.05) is 54.3 Å². The number of carbonyl (C=O) groups excluding carboxylic acids is 1. The molecular weight excluding hydrogens is 455 g/mol. The van der Waals surface area contributed by atoms with Crippen LogP contribution < -0.4 is 10.1 Å². The molecule has 1 aromatic carbocycles. The van der Waals surface area contributed by atoms with E-state index < -0.39 is 12.1 Å². The number of nitrogens with one attached hydrogen (secondary N) is 1. The summed E-state index contributed by atoms with van der Waals surface area (Å²) < 4.78 is 43.3. The quantitative estimate of drug-likeness (QED) is 0.654. The molecular formula is C23H26F3N3O5. The maximum atomic E-state index is 12.5. The minimum Gasteiger partial charge on any atom is -0.484 e. The first-order valence-electron chi connectivity index (χ1n) is 10.7. The van der Waals surface area contributed by atoms with Gasteiger partial charge in [-0.3, -0.25) is 4.79 Å². The number of rotatable bonds is 6. The van der Waals surface area contributed by atoms with E-state index in [0.29, 0.717) is 18.4 Å². The number of likely N-dealkylation sites (tertiary alicyclic amines) is 1. The van der Waals surface area contributed by atoms with Crippen LogP contribution in [0, 0.1) is 18.8 Å². The van der Waals surface area contributed by atoms with Crippen LogP contribution in [0.1, 0.15) is 5.56 Å². The van der Waals surface area contributed by atoms with Crippen molar-refractivity contribution in [3.05, 3.63) is 54.2 Å². The fourth-order valence-electron chi connectivity index (χ4n) is 3.79. The molecule has 2 fully saturated rings. The summed E-state index contributed by atoms with van der Waals surface area (Å²) in [5, 5.41) is 10.5. The van der Waals surface area contributed by atoms with Gasteiger partial charge >= 0.3 is 12.1 Å². The number of hydrogen-bond donors (Lipinski definition) is 2. The van der Waals surface area contributed by atoms with E-state index in [2.05, 4.69) is 10.3 Å². The Morgan fingerprint density at radius 2 is 1.91 bits per heavy atom. The second kappa shape index (κ2) is 11.2. The SMILES string of the molecule is Cc1ccc(OCC(=O)N2C[C@@H]3[C@@H](CNc4ccccn4)CO[C@@H]3C2)cc1.O=C(O)C(F)(F)F. The Morgan fingerprint density at radius 3 is 2.53 bits per heavy atom. The largest absolute Gasteiger partial charge is 0.490 e. The van der Waals surface area contributed by atoms with Crippen molar-refractivity contribution >= 4 is 17.7 Å². The number of benzene rings is 1. The Balaban J connectivity index is 0.000000406. The molecule has 0 unspecified atom stereocenters. The number of carbonyl (C=O) groups is 2. The van der Waals surface area contributed by atoms with Gasteiger partial charge in [0.2, 0.25) is 0 Å². The van der Waals surface area contributed by atoms with E-state index >= 15 is 0 Å². The van der Waals surface area contributed by atoms with Crippen molar-refractivity contribution in [2.75, 3.05) is 38.2 Å². The second-order valence-electron chi connectivity index (χ2n) is 8.09. The number of ether oxygens (including phenoxy) is 2. The van der Waals surface area contributed by atoms with E-state index in [0.717, 1.165) is 31.3 Å². The van der Waals surface area contributed by atoms with Gasteiger partial charge < -0.3 is 24.8 Å². The predicted octanol–water partition coefficient (Wildman–Crippen LogP) is 2.99. The average Bonchev–Trinajstić information content (AvgIpc) is 3.39. The van der Waals surface area contributed by atoms with E-state index in [9.17, 15) is 18.0 Å². The summed E-state index contributed by atoms with van der Waals surface area (Å²) in [6.07, 6.45) is -3.18. The van der Waals surface area contributed by atoms with Crippen molar-refractivity contribution in [1.82, 2.24) is 9.88 Å². The lowest BCUT2D eigenvalue weighted by molar-refractivity contribution is -0.192. The number of aryl methyl sites for hydroxylation is 1. The molecule has 0 spiro atoms. The number of anilines is 1. The summed E-state index contributed by atoms with van der Waals surface area (Å²) in [4.78, 5) is 27.6. The number of aromatic nitrogens is 1. The summed E-state index contributed by atoms with van der Waals surface area (Å²) in [6.45, 7) is 5.02. The Labute approximate surface area is 194 Å². The lowest BCUT2D eigenvalue weighted by Gasteiger charge is -2.20. The summed E-state index contributed by atoms with van der Waals surface area (Å²) in [5.74, 6) is -0.393. The highest BCUT2D eigenvalue weighted by molar-refractivity contribution is 5.78. The van der Waals surface area contributed by atoms with Crippen molar-refractivity contribution in [3.63, 3.8) is 0 Å². The van der Waals surface area contributed by atoms with Gasteiger partial charge in [0, 0.05) is 37.7 Å². The van der Waals surface area contributed by atoms with Crippen LogP contribution in [0.15, 0.2) is 48.7 Å². The van der Waals surface area contributed by atoms with Crippen molar-refractivity contribution in [1.29, 1.82) is 0 Å². The molecule has 4 rings (SSSR count). The normalized spacial score (nSPS) is 21.3. The molecule has 3 atom stereocenters. The Hall–Kier alpha value is -3.34. The van der Waals surface area contributed by atoms with Gasteiger partial charge in [-0.1, -0.05) is 23.8 Å². The zero-order chi connectivity index (χ0) is 24.7. The van der Waals surface area contributed by atoms with Crippen LogP contribution in [0.2, 0.25) is 0 Å². The molecule has 2 aromatic rings. The minimum absolute atomic E-state index is 0.0185. The van der Waals surface area contributed by atoms with Crippen molar-refractivity contribution in [2.45, 2.75) is 19.2 Å². The molecule has 2 N–H and O–H groups in total. The third-order valence-corrected chi connectivity index (χ3v) is 5.63. The molecule has 0 radical (unpaired) electrons. The highest BCUT2D eigenvalue weighted by Gasteiger charge is 2.45. The molecule has 34 heavy (non-hydrogen) atoms. The molecule has 2 saturated heterocycles. The van der Waals surface area contributed by atoms with Gasteiger partial charge in [0.05, 0.1) is 12.7 Å². The monoisotopic (exact) mass is 481 g/mol. The van der Waals surface area contributed by atoms with Gasteiger partial charge in [-0.2, -0.15) is 13.2 Å². The van der Waals surface area contributed by atoms with Gasteiger partial charge in [-0.15, -0.1) is 0 Å². The topological polar surface area (TPSA) is 101 Å². The predicted molar refractivity (Wildman–Crippen MR) is 116 cm³/mol. The molecule has 1 aromatic heterocycles. The minimum atomic E-state index is -5.08. The summed E-state index contributed by atoms with van der Waals surface area (Å²) >= 11 is 0. The van der Waals surface area contributed by atoms with Crippen LogP contribution in [-0.4, -0.2) is 72.0 Å². The molecule has 0 bridgehead atoms. The molecule has 2 aliphatic heterocycles. The fraction of sp³-hybridized carbons (Fsp3) is 0.435. The first-order chi connectivity index (χ1) is 16.1. The number of aliphatic carboxylic acids is 1. The molecule has 0 saturated carbocycles. The summed E-state index contributed by atoms with van der Waals surface area (Å²) in [6, 6.07) is 13.6. The lowest BCUT2D eigenvalue weighted by atomic mass is 9.93. The molecule has 1 amide bonds. The van der Waals surface area contributed by atoms with E-state index in [1.165, 1.54) is 5.56 Å². The first kappa shape index (κ1) is 25.3. The first-order valence-corrected chi connectivity index (χ1v) is 10.7. The van der Waals surface area contributed by atoms with Crippen molar-refractivity contribution in [2.24, 2.45) is 11.8 Å². The Kier molecular flexibility index (Phi) is 8.32. The maximum absolute atomic E-state index is 12.5. The summed E-state index contributed by atoms with van der Waals surface area (Å²) in [5.41, 5.74) is 1.17. The number of alkyl halides is 3. The zero-order valence-corrected chi connectivity index (χ0v) is 18.5. The molecule has 8 nitrogen and oxygen atoms in total. The van der Waals surface area contributed by atoms with Crippen LogP contribution in [-0.2, 0) is 14.3 Å². The number of fused-ring (bicyclic) bond motifs is 1. The number of halogens is 3. The summed E-state index contributed by atoms with van der Waals surface area (Å²) in [7, 11) is 0. The van der Waals surface area contributed by atoms with E-state index in [4.69, 9.17) is 19.4 Å². The molecule has 184 valence electrons. The van der Waals surface area contributed by atoms with Crippen LogP contribution in [0.5, 0.6) is 5.75 Å². The van der Waals surface area contributed by atoms with Crippen LogP contribution >= 0.6 is 0 Å². The van der Waals surface area contributed by atoms with Crippen LogP contribution in [0.3, 0.4) is 0 Å². The van der Waals surface area contributed by atoms with E-state index in [1.54, 1.807) is 6.20 Å². The molecule has 3 heterocycles. The van der Waals surface area contributed by atoms with Gasteiger partial charge in [0.25, 0.3) is 5.91 Å². The van der Waals surface area contributed by atoms with Crippen LogP contribution in [0.25, 0.3) is 0 Å². The molecule has 2 aliphatic rings. The standard InChI is InChI=1S/C21H25N3O3.C2HF3O2/c1-15-5-7-17(8-6-15)26-14-21(25)24-11-18-16(13-27-19(18)12-24)10-23-20-4-2-3-9-22-20;3-2(4,5)1(6)7/h2-9,16,18-19H,10-14H2,1H3,(H,22,23);(H,6,7)/t16-,18+,19+;/m0./s1. The third-order valence-electron chi connectivity index (χ3n) is 5.63. The maximum Gasteiger partial charge on any atom is 0.490 e. The second-order valence-corrected chi connectivity index (χ2v) is 8.09. The zero-order valence-electron chi connectivity index (χ0n) is 18.5. The Bertz CT molecular complexity index is 957. The number of nitrogens with zero attached hydrogens (tertiary/aromatic N) is 2. The molecule has 0 aliphatic carbocycles. The highest BCUT2D eigenvalue weighted by Crippen LogP contribution is 2.33. The smallest absolute Gasteiger partial charge is 0.484 e. The van der Waals surface area contributed by atoms with Gasteiger partial charge in [-0.25, -0.2) is 9.78 Å². The average molecular weight is 481 g/mol. The number of carboxylic acids is 1. The van der Waals surface area contributed by atoms with E-state index in [-0.39, 0.29) is 18.6 Å². The third kappa shape index (κ3) is 7.08. The van der Waals surface area contributed by atoms with Gasteiger partial charge in [0.15, 0.2) is 6.61 Å². The number of pyridine rings is 1. The van der Waals surface area contributed by atoms with Crippen molar-refractivity contribution < 1.29 is 37.3 Å². The van der Waals surface area contributed by atoms with Crippen molar-refractivity contribution in [3.8, 4) is 5.75 Å². The van der Waals surface area contributed by atoms with Gasteiger partial charge in [0.1, 0.15) is 11.6 Å².